The van der Waals surface area contributed by atoms with E-state index >= 15 is 0 Å². The second kappa shape index (κ2) is 8.48. The molecule has 1 saturated heterocycles. The van der Waals surface area contributed by atoms with Gasteiger partial charge < -0.3 is 14.7 Å². The molecule has 7 nitrogen and oxygen atoms in total. The highest BCUT2D eigenvalue weighted by Gasteiger charge is 2.34. The summed E-state index contributed by atoms with van der Waals surface area (Å²) in [6.07, 6.45) is -4.65. The number of carboxylic acids is 1. The van der Waals surface area contributed by atoms with Crippen LogP contribution in [-0.4, -0.2) is 53.3 Å². The molecule has 1 aromatic carbocycles. The van der Waals surface area contributed by atoms with Crippen molar-refractivity contribution >= 4 is 17.8 Å². The van der Waals surface area contributed by atoms with E-state index < -0.39 is 23.9 Å². The Labute approximate surface area is 164 Å². The summed E-state index contributed by atoms with van der Waals surface area (Å²) >= 11 is 0. The van der Waals surface area contributed by atoms with Gasteiger partial charge in [0.1, 0.15) is 11.5 Å². The molecule has 0 aliphatic carbocycles. The quantitative estimate of drug-likeness (QED) is 0.838. The minimum atomic E-state index is -4.65. The molecule has 0 atom stereocenters. The molecule has 1 N–H and O–H groups in total. The van der Waals surface area contributed by atoms with Crippen molar-refractivity contribution in [3.05, 3.63) is 59.3 Å². The number of aromatic nitrogens is 1. The number of carboxylic acid groups (broad SMARTS) is 1. The van der Waals surface area contributed by atoms with E-state index in [0.717, 1.165) is 11.0 Å². The van der Waals surface area contributed by atoms with Gasteiger partial charge in [0.25, 0.3) is 0 Å². The van der Waals surface area contributed by atoms with Crippen LogP contribution in [0.4, 0.5) is 23.8 Å². The van der Waals surface area contributed by atoms with Gasteiger partial charge in [0.15, 0.2) is 0 Å². The number of aromatic carboxylic acids is 1. The monoisotopic (exact) mass is 409 g/mol. The zero-order valence-electron chi connectivity index (χ0n) is 15.2. The molecule has 0 bridgehead atoms. The first-order valence-electron chi connectivity index (χ1n) is 8.76. The zero-order chi connectivity index (χ0) is 21.0. The summed E-state index contributed by atoms with van der Waals surface area (Å²) in [5.74, 6) is -1.24. The van der Waals surface area contributed by atoms with Crippen LogP contribution in [0.25, 0.3) is 0 Å². The van der Waals surface area contributed by atoms with E-state index in [-0.39, 0.29) is 17.9 Å². The SMILES string of the molecule is O=C(O)c1ccc(CN(C(=O)N2CCOCC2)c2cccc(C(F)(F)F)n2)cc1. The van der Waals surface area contributed by atoms with Crippen molar-refractivity contribution in [2.24, 2.45) is 0 Å². The average Bonchev–Trinajstić information content (AvgIpc) is 2.72. The molecule has 0 unspecified atom stereocenters. The number of nitrogens with zero attached hydrogens (tertiary/aromatic N) is 3. The molecule has 0 spiro atoms. The molecule has 1 aliphatic heterocycles. The Kier molecular flexibility index (Phi) is 6.02. The highest BCUT2D eigenvalue weighted by atomic mass is 19.4. The van der Waals surface area contributed by atoms with E-state index in [9.17, 15) is 22.8 Å². The lowest BCUT2D eigenvalue weighted by molar-refractivity contribution is -0.141. The number of alkyl halides is 3. The number of rotatable bonds is 4. The number of amides is 2. The van der Waals surface area contributed by atoms with Gasteiger partial charge in [-0.2, -0.15) is 13.2 Å². The maximum atomic E-state index is 13.1. The largest absolute Gasteiger partial charge is 0.478 e. The van der Waals surface area contributed by atoms with Crippen molar-refractivity contribution in [1.29, 1.82) is 0 Å². The molecule has 2 aromatic rings. The Morgan fingerprint density at radius 2 is 1.76 bits per heavy atom. The maximum Gasteiger partial charge on any atom is 0.433 e. The topological polar surface area (TPSA) is 83.0 Å². The minimum Gasteiger partial charge on any atom is -0.478 e. The average molecular weight is 409 g/mol. The number of pyridine rings is 1. The number of carbonyl (C=O) groups is 2. The van der Waals surface area contributed by atoms with Gasteiger partial charge in [-0.3, -0.25) is 4.90 Å². The first-order chi connectivity index (χ1) is 13.8. The molecule has 3 rings (SSSR count). The Bertz CT molecular complexity index is 881. The second-order valence-corrected chi connectivity index (χ2v) is 6.35. The van der Waals surface area contributed by atoms with Crippen molar-refractivity contribution < 1.29 is 32.6 Å². The van der Waals surface area contributed by atoms with Crippen LogP contribution >= 0.6 is 0 Å². The number of carbonyl (C=O) groups excluding carboxylic acids is 1. The summed E-state index contributed by atoms with van der Waals surface area (Å²) < 4.78 is 44.5. The second-order valence-electron chi connectivity index (χ2n) is 6.35. The van der Waals surface area contributed by atoms with Gasteiger partial charge in [0.05, 0.1) is 25.3 Å². The van der Waals surface area contributed by atoms with Gasteiger partial charge in [-0.25, -0.2) is 14.6 Å². The highest BCUT2D eigenvalue weighted by Crippen LogP contribution is 2.29. The molecule has 0 radical (unpaired) electrons. The lowest BCUT2D eigenvalue weighted by Gasteiger charge is -2.32. The molecule has 2 amide bonds. The summed E-state index contributed by atoms with van der Waals surface area (Å²) in [7, 11) is 0. The lowest BCUT2D eigenvalue weighted by Crippen LogP contribution is -2.48. The Balaban J connectivity index is 1.93. The van der Waals surface area contributed by atoms with Crippen molar-refractivity contribution in [3.63, 3.8) is 0 Å². The number of halogens is 3. The van der Waals surface area contributed by atoms with Gasteiger partial charge in [0.2, 0.25) is 0 Å². The van der Waals surface area contributed by atoms with E-state index in [0.29, 0.717) is 31.9 Å². The van der Waals surface area contributed by atoms with Crippen LogP contribution in [0.2, 0.25) is 0 Å². The molecular weight excluding hydrogens is 391 g/mol. The number of anilines is 1. The third-order valence-corrected chi connectivity index (χ3v) is 4.36. The van der Waals surface area contributed by atoms with E-state index in [1.165, 1.54) is 41.3 Å². The van der Waals surface area contributed by atoms with Gasteiger partial charge in [-0.1, -0.05) is 18.2 Å². The molecule has 1 fully saturated rings. The van der Waals surface area contributed by atoms with Crippen LogP contribution in [0.15, 0.2) is 42.5 Å². The molecule has 10 heteroatoms. The highest BCUT2D eigenvalue weighted by molar-refractivity contribution is 5.91. The van der Waals surface area contributed by atoms with Crippen LogP contribution in [0.1, 0.15) is 21.6 Å². The van der Waals surface area contributed by atoms with Crippen LogP contribution in [0.5, 0.6) is 0 Å². The van der Waals surface area contributed by atoms with Crippen molar-refractivity contribution in [1.82, 2.24) is 9.88 Å². The number of ether oxygens (including phenoxy) is 1. The summed E-state index contributed by atoms with van der Waals surface area (Å²) in [5, 5.41) is 9.00. The number of hydrogen-bond donors (Lipinski definition) is 1. The van der Waals surface area contributed by atoms with E-state index in [4.69, 9.17) is 9.84 Å². The van der Waals surface area contributed by atoms with Crippen LogP contribution in [-0.2, 0) is 17.5 Å². The van der Waals surface area contributed by atoms with Crippen molar-refractivity contribution in [2.45, 2.75) is 12.7 Å². The van der Waals surface area contributed by atoms with E-state index in [1.807, 2.05) is 0 Å². The first kappa shape index (κ1) is 20.6. The van der Waals surface area contributed by atoms with Gasteiger partial charge in [-0.15, -0.1) is 0 Å². The summed E-state index contributed by atoms with van der Waals surface area (Å²) in [6, 6.07) is 8.62. The Morgan fingerprint density at radius 1 is 1.10 bits per heavy atom. The van der Waals surface area contributed by atoms with E-state index in [1.54, 1.807) is 0 Å². The molecule has 2 heterocycles. The number of hydrogen-bond acceptors (Lipinski definition) is 4. The molecule has 154 valence electrons. The standard InChI is InChI=1S/C19H18F3N3O4/c20-19(21,22)15-2-1-3-16(23-15)25(18(28)24-8-10-29-11-9-24)12-13-4-6-14(7-5-13)17(26)27/h1-7H,8-12H2,(H,26,27). The molecule has 1 aliphatic rings. The van der Waals surface area contributed by atoms with Crippen molar-refractivity contribution in [3.8, 4) is 0 Å². The Hall–Kier alpha value is -3.14. The van der Waals surface area contributed by atoms with Gasteiger partial charge >= 0.3 is 18.2 Å². The number of urea groups is 1. The summed E-state index contributed by atoms with van der Waals surface area (Å²) in [6.45, 7) is 1.23. The number of morpholine rings is 1. The van der Waals surface area contributed by atoms with Gasteiger partial charge in [-0.05, 0) is 29.8 Å². The van der Waals surface area contributed by atoms with Crippen LogP contribution < -0.4 is 4.90 Å². The third-order valence-electron chi connectivity index (χ3n) is 4.36. The normalized spacial score (nSPS) is 14.5. The van der Waals surface area contributed by atoms with Crippen molar-refractivity contribution in [2.75, 3.05) is 31.2 Å². The molecule has 1 aromatic heterocycles. The van der Waals surface area contributed by atoms with E-state index in [2.05, 4.69) is 4.98 Å². The molecule has 0 saturated carbocycles. The van der Waals surface area contributed by atoms with Crippen LogP contribution in [0.3, 0.4) is 0 Å². The maximum absolute atomic E-state index is 13.1. The molecular formula is C19H18F3N3O4. The summed E-state index contributed by atoms with van der Waals surface area (Å²) in [4.78, 5) is 30.3. The molecule has 29 heavy (non-hydrogen) atoms. The smallest absolute Gasteiger partial charge is 0.433 e. The fourth-order valence-electron chi connectivity index (χ4n) is 2.84. The predicted molar refractivity (Wildman–Crippen MR) is 96.6 cm³/mol. The summed E-state index contributed by atoms with van der Waals surface area (Å²) in [5.41, 5.74) is -0.483. The predicted octanol–water partition coefficient (Wildman–Crippen LogP) is 3.26. The van der Waals surface area contributed by atoms with Gasteiger partial charge in [0, 0.05) is 13.1 Å². The Morgan fingerprint density at radius 3 is 2.34 bits per heavy atom. The third kappa shape index (κ3) is 5.02. The first-order valence-corrected chi connectivity index (χ1v) is 8.76. The fraction of sp³-hybridized carbons (Fsp3) is 0.316. The number of benzene rings is 1. The zero-order valence-corrected chi connectivity index (χ0v) is 15.2. The van der Waals surface area contributed by atoms with Crippen LogP contribution in [0, 0.1) is 0 Å². The fourth-order valence-corrected chi connectivity index (χ4v) is 2.84. The lowest BCUT2D eigenvalue weighted by atomic mass is 10.1. The minimum absolute atomic E-state index is 0.0651.